The molecule has 5 nitrogen and oxygen atoms in total. The molecule has 1 amide bonds. The minimum atomic E-state index is -0.589. The van der Waals surface area contributed by atoms with E-state index in [1.54, 1.807) is 0 Å². The second-order valence-electron chi connectivity index (χ2n) is 7.36. The highest BCUT2D eigenvalue weighted by atomic mass is 16.3. The third kappa shape index (κ3) is 3.58. The number of fused-ring (bicyclic) bond motifs is 1. The number of furan rings is 1. The molecular weight excluding hydrogens is 316 g/mol. The van der Waals surface area contributed by atoms with Gasteiger partial charge in [-0.15, -0.1) is 0 Å². The van der Waals surface area contributed by atoms with Crippen molar-refractivity contribution in [1.82, 2.24) is 10.6 Å². The van der Waals surface area contributed by atoms with Crippen LogP contribution in [0.3, 0.4) is 0 Å². The van der Waals surface area contributed by atoms with Gasteiger partial charge in [0.15, 0.2) is 0 Å². The lowest BCUT2D eigenvalue weighted by atomic mass is 9.87. The standard InChI is InChI=1S/C20H26N2O3/c23-16-8-9-21-19(16)20(24)22-12-13-6-7-17-15(10-13)11-18(25-17)14-4-2-1-3-5-14/h6-7,10-11,14,16,19,21,23H,1-5,8-9,12H2,(H,22,24)/t16-,19-/m0/s1. The predicted molar refractivity (Wildman–Crippen MR) is 96.3 cm³/mol. The molecule has 1 saturated carbocycles. The molecule has 1 aliphatic heterocycles. The highest BCUT2D eigenvalue weighted by molar-refractivity contribution is 5.83. The number of hydrogen-bond acceptors (Lipinski definition) is 4. The molecule has 2 heterocycles. The van der Waals surface area contributed by atoms with Crippen LogP contribution in [0.2, 0.25) is 0 Å². The summed E-state index contributed by atoms with van der Waals surface area (Å²) in [5.74, 6) is 1.52. The van der Waals surface area contributed by atoms with Crippen molar-refractivity contribution in [1.29, 1.82) is 0 Å². The molecule has 2 aliphatic rings. The lowest BCUT2D eigenvalue weighted by molar-refractivity contribution is -0.124. The first-order valence-corrected chi connectivity index (χ1v) is 9.42. The Labute approximate surface area is 147 Å². The minimum absolute atomic E-state index is 0.139. The van der Waals surface area contributed by atoms with Crippen molar-refractivity contribution in [3.05, 3.63) is 35.6 Å². The van der Waals surface area contributed by atoms with Gasteiger partial charge < -0.3 is 20.2 Å². The SMILES string of the molecule is O=C(NCc1ccc2oc(C3CCCCC3)cc2c1)[C@H]1NCC[C@@H]1O. The highest BCUT2D eigenvalue weighted by Crippen LogP contribution is 2.35. The summed E-state index contributed by atoms with van der Waals surface area (Å²) >= 11 is 0. The first-order chi connectivity index (χ1) is 12.2. The van der Waals surface area contributed by atoms with Gasteiger partial charge in [0.25, 0.3) is 0 Å². The maximum Gasteiger partial charge on any atom is 0.240 e. The molecule has 2 fully saturated rings. The maximum atomic E-state index is 12.2. The minimum Gasteiger partial charge on any atom is -0.461 e. The Morgan fingerprint density at radius 3 is 2.80 bits per heavy atom. The van der Waals surface area contributed by atoms with Crippen LogP contribution in [0.15, 0.2) is 28.7 Å². The Hall–Kier alpha value is -1.85. The Kier molecular flexibility index (Phi) is 4.77. The average Bonchev–Trinajstić information content (AvgIpc) is 3.26. The fourth-order valence-electron chi connectivity index (χ4n) is 4.07. The number of aliphatic hydroxyl groups is 1. The van der Waals surface area contributed by atoms with E-state index in [0.717, 1.165) is 22.3 Å². The number of rotatable bonds is 4. The molecule has 25 heavy (non-hydrogen) atoms. The van der Waals surface area contributed by atoms with Crippen LogP contribution >= 0.6 is 0 Å². The van der Waals surface area contributed by atoms with Gasteiger partial charge in [0.1, 0.15) is 17.4 Å². The summed E-state index contributed by atoms with van der Waals surface area (Å²) in [5.41, 5.74) is 1.97. The van der Waals surface area contributed by atoms with Crippen molar-refractivity contribution in [3.8, 4) is 0 Å². The molecule has 1 aliphatic carbocycles. The largest absolute Gasteiger partial charge is 0.461 e. The zero-order valence-electron chi connectivity index (χ0n) is 14.5. The first kappa shape index (κ1) is 16.6. The summed E-state index contributed by atoms with van der Waals surface area (Å²) in [6.07, 6.45) is 6.40. The fraction of sp³-hybridized carbons (Fsp3) is 0.550. The smallest absolute Gasteiger partial charge is 0.240 e. The van der Waals surface area contributed by atoms with Crippen LogP contribution < -0.4 is 10.6 Å². The quantitative estimate of drug-likeness (QED) is 0.799. The van der Waals surface area contributed by atoms with Crippen LogP contribution in [0.1, 0.15) is 55.8 Å². The van der Waals surface area contributed by atoms with E-state index in [0.29, 0.717) is 25.4 Å². The lowest BCUT2D eigenvalue weighted by Crippen LogP contribution is -2.45. The van der Waals surface area contributed by atoms with E-state index >= 15 is 0 Å². The predicted octanol–water partition coefficient (Wildman–Crippen LogP) is 2.82. The molecule has 5 heteroatoms. The van der Waals surface area contributed by atoms with Crippen LogP contribution in [0.25, 0.3) is 11.0 Å². The molecule has 4 rings (SSSR count). The Morgan fingerprint density at radius 2 is 2.04 bits per heavy atom. The van der Waals surface area contributed by atoms with E-state index in [9.17, 15) is 9.90 Å². The Balaban J connectivity index is 1.43. The maximum absolute atomic E-state index is 12.2. The van der Waals surface area contributed by atoms with E-state index < -0.39 is 12.1 Å². The molecule has 1 aromatic carbocycles. The second kappa shape index (κ2) is 7.18. The van der Waals surface area contributed by atoms with Gasteiger partial charge in [-0.25, -0.2) is 0 Å². The van der Waals surface area contributed by atoms with Crippen LogP contribution in [0, 0.1) is 0 Å². The van der Waals surface area contributed by atoms with Crippen molar-refractivity contribution in [2.75, 3.05) is 6.54 Å². The normalized spacial score (nSPS) is 24.7. The highest BCUT2D eigenvalue weighted by Gasteiger charge is 2.30. The second-order valence-corrected chi connectivity index (χ2v) is 7.36. The van der Waals surface area contributed by atoms with Gasteiger partial charge in [0.2, 0.25) is 5.91 Å². The molecule has 1 saturated heterocycles. The van der Waals surface area contributed by atoms with Crippen molar-refractivity contribution in [2.24, 2.45) is 0 Å². The summed E-state index contributed by atoms with van der Waals surface area (Å²) in [6.45, 7) is 1.15. The molecule has 2 atom stereocenters. The van der Waals surface area contributed by atoms with E-state index in [4.69, 9.17) is 4.42 Å². The Bertz CT molecular complexity index is 748. The summed E-state index contributed by atoms with van der Waals surface area (Å²) in [7, 11) is 0. The third-order valence-electron chi connectivity index (χ3n) is 5.55. The van der Waals surface area contributed by atoms with Gasteiger partial charge in [-0.2, -0.15) is 0 Å². The molecule has 2 aromatic rings. The summed E-state index contributed by atoms with van der Waals surface area (Å²) in [5, 5.41) is 16.8. The lowest BCUT2D eigenvalue weighted by Gasteiger charge is -2.18. The number of carbonyl (C=O) groups is 1. The molecule has 0 unspecified atom stereocenters. The van der Waals surface area contributed by atoms with Crippen LogP contribution in [0.5, 0.6) is 0 Å². The average molecular weight is 342 g/mol. The number of aliphatic hydroxyl groups excluding tert-OH is 1. The van der Waals surface area contributed by atoms with Gasteiger partial charge in [-0.05, 0) is 49.6 Å². The van der Waals surface area contributed by atoms with Gasteiger partial charge >= 0.3 is 0 Å². The molecule has 1 aromatic heterocycles. The van der Waals surface area contributed by atoms with Crippen molar-refractivity contribution >= 4 is 16.9 Å². The number of benzene rings is 1. The van der Waals surface area contributed by atoms with E-state index in [2.05, 4.69) is 22.8 Å². The number of hydrogen-bond donors (Lipinski definition) is 3. The van der Waals surface area contributed by atoms with Crippen LogP contribution in [-0.2, 0) is 11.3 Å². The molecule has 3 N–H and O–H groups in total. The molecule has 134 valence electrons. The Morgan fingerprint density at radius 1 is 1.20 bits per heavy atom. The number of nitrogens with one attached hydrogen (secondary N) is 2. The summed E-state index contributed by atoms with van der Waals surface area (Å²) in [6, 6.07) is 7.75. The molecular formula is C20H26N2O3. The fourth-order valence-corrected chi connectivity index (χ4v) is 4.07. The van der Waals surface area contributed by atoms with E-state index in [1.165, 1.54) is 32.1 Å². The van der Waals surface area contributed by atoms with Crippen molar-refractivity contribution < 1.29 is 14.3 Å². The topological polar surface area (TPSA) is 74.5 Å². The van der Waals surface area contributed by atoms with Gasteiger partial charge in [0.05, 0.1) is 6.10 Å². The monoisotopic (exact) mass is 342 g/mol. The molecule has 0 spiro atoms. The zero-order chi connectivity index (χ0) is 17.2. The summed E-state index contributed by atoms with van der Waals surface area (Å²) in [4.78, 5) is 12.2. The summed E-state index contributed by atoms with van der Waals surface area (Å²) < 4.78 is 6.05. The van der Waals surface area contributed by atoms with Gasteiger partial charge in [0, 0.05) is 17.8 Å². The molecule has 0 radical (unpaired) electrons. The number of carbonyl (C=O) groups excluding carboxylic acids is 1. The van der Waals surface area contributed by atoms with Crippen LogP contribution in [-0.4, -0.2) is 29.7 Å². The number of amides is 1. The first-order valence-electron chi connectivity index (χ1n) is 9.42. The zero-order valence-corrected chi connectivity index (χ0v) is 14.5. The van der Waals surface area contributed by atoms with Crippen LogP contribution in [0.4, 0.5) is 0 Å². The van der Waals surface area contributed by atoms with Crippen molar-refractivity contribution in [2.45, 2.75) is 63.1 Å². The van der Waals surface area contributed by atoms with E-state index in [1.807, 2.05) is 12.1 Å². The van der Waals surface area contributed by atoms with Gasteiger partial charge in [-0.1, -0.05) is 25.3 Å². The van der Waals surface area contributed by atoms with Gasteiger partial charge in [-0.3, -0.25) is 4.79 Å². The van der Waals surface area contributed by atoms with Crippen molar-refractivity contribution in [3.63, 3.8) is 0 Å². The molecule has 0 bridgehead atoms. The van der Waals surface area contributed by atoms with E-state index in [-0.39, 0.29) is 5.91 Å². The third-order valence-corrected chi connectivity index (χ3v) is 5.55.